The fourth-order valence-corrected chi connectivity index (χ4v) is 5.03. The van der Waals surface area contributed by atoms with Crippen LogP contribution in [-0.4, -0.2) is 35.9 Å². The van der Waals surface area contributed by atoms with Gasteiger partial charge in [-0.25, -0.2) is 0 Å². The third-order valence-corrected chi connectivity index (χ3v) is 6.44. The molecule has 0 unspecified atom stereocenters. The lowest BCUT2D eigenvalue weighted by Crippen LogP contribution is -2.44. The maximum atomic E-state index is 13.9. The number of Topliss-reactive ketones (excluding diaryl/α,β-unsaturated/α-hetero) is 1. The first kappa shape index (κ1) is 20.0. The second kappa shape index (κ2) is 7.96. The minimum Gasteiger partial charge on any atom is -0.497 e. The first-order chi connectivity index (χ1) is 15.6. The zero-order chi connectivity index (χ0) is 22.2. The van der Waals surface area contributed by atoms with Crippen molar-refractivity contribution in [2.75, 3.05) is 12.0 Å². The zero-order valence-corrected chi connectivity index (χ0v) is 17.5. The SMILES string of the molecule is COc1ccc([C@H]2[C@H]([N+](=O)[O-])[C@H]3C=Cc4ccccc4N3[C@H]2C(=O)c2ccccc2)cc1. The van der Waals surface area contributed by atoms with Gasteiger partial charge in [0.2, 0.25) is 6.04 Å². The topological polar surface area (TPSA) is 72.7 Å². The van der Waals surface area contributed by atoms with Crippen molar-refractivity contribution in [2.24, 2.45) is 0 Å². The zero-order valence-electron chi connectivity index (χ0n) is 17.5. The average molecular weight is 426 g/mol. The Bertz CT molecular complexity index is 1190. The molecule has 0 amide bonds. The highest BCUT2D eigenvalue weighted by molar-refractivity contribution is 6.04. The molecule has 6 heteroatoms. The van der Waals surface area contributed by atoms with Crippen LogP contribution in [0.3, 0.4) is 0 Å². The molecule has 4 atom stereocenters. The summed E-state index contributed by atoms with van der Waals surface area (Å²) >= 11 is 0. The first-order valence-electron chi connectivity index (χ1n) is 10.5. The van der Waals surface area contributed by atoms with Gasteiger partial charge in [0.15, 0.2) is 5.78 Å². The number of ether oxygens (including phenoxy) is 1. The minimum absolute atomic E-state index is 0.120. The van der Waals surface area contributed by atoms with Crippen molar-refractivity contribution >= 4 is 17.5 Å². The van der Waals surface area contributed by atoms with E-state index in [1.54, 1.807) is 31.4 Å². The lowest BCUT2D eigenvalue weighted by molar-refractivity contribution is -0.524. The molecule has 0 radical (unpaired) electrons. The van der Waals surface area contributed by atoms with Gasteiger partial charge in [-0.3, -0.25) is 14.9 Å². The Morgan fingerprint density at radius 2 is 1.66 bits per heavy atom. The van der Waals surface area contributed by atoms with Crippen LogP contribution >= 0.6 is 0 Å². The third-order valence-electron chi connectivity index (χ3n) is 6.44. The van der Waals surface area contributed by atoms with Crippen LogP contribution < -0.4 is 9.64 Å². The predicted octanol–water partition coefficient (Wildman–Crippen LogP) is 4.59. The molecule has 160 valence electrons. The highest BCUT2D eigenvalue weighted by Crippen LogP contribution is 2.47. The summed E-state index contributed by atoms with van der Waals surface area (Å²) in [6.07, 6.45) is 3.79. The predicted molar refractivity (Wildman–Crippen MR) is 123 cm³/mol. The minimum atomic E-state index is -0.967. The number of carbonyl (C=O) groups excluding carboxylic acids is 1. The lowest BCUT2D eigenvalue weighted by Gasteiger charge is -2.34. The molecule has 2 heterocycles. The fourth-order valence-electron chi connectivity index (χ4n) is 5.03. The third kappa shape index (κ3) is 3.15. The first-order valence-corrected chi connectivity index (χ1v) is 10.5. The molecule has 0 saturated carbocycles. The van der Waals surface area contributed by atoms with Crippen molar-refractivity contribution in [1.82, 2.24) is 0 Å². The highest BCUT2D eigenvalue weighted by atomic mass is 16.6. The van der Waals surface area contributed by atoms with E-state index in [4.69, 9.17) is 4.74 Å². The number of ketones is 1. The van der Waals surface area contributed by atoms with Crippen molar-refractivity contribution in [1.29, 1.82) is 0 Å². The van der Waals surface area contributed by atoms with E-state index in [2.05, 4.69) is 0 Å². The summed E-state index contributed by atoms with van der Waals surface area (Å²) in [7, 11) is 1.58. The van der Waals surface area contributed by atoms with Gasteiger partial charge in [-0.15, -0.1) is 0 Å². The van der Waals surface area contributed by atoms with Crippen LogP contribution in [0.4, 0.5) is 5.69 Å². The number of rotatable bonds is 5. The van der Waals surface area contributed by atoms with E-state index < -0.39 is 24.0 Å². The Balaban J connectivity index is 1.71. The molecule has 1 saturated heterocycles. The summed E-state index contributed by atoms with van der Waals surface area (Å²) in [6.45, 7) is 0. The molecular weight excluding hydrogens is 404 g/mol. The van der Waals surface area contributed by atoms with Gasteiger partial charge in [-0.1, -0.05) is 72.8 Å². The monoisotopic (exact) mass is 426 g/mol. The summed E-state index contributed by atoms with van der Waals surface area (Å²) in [5.41, 5.74) is 3.09. The Morgan fingerprint density at radius 1 is 0.969 bits per heavy atom. The van der Waals surface area contributed by atoms with Crippen LogP contribution in [0.15, 0.2) is 84.9 Å². The normalized spacial score (nSPS) is 23.3. The number of hydrogen-bond acceptors (Lipinski definition) is 5. The lowest BCUT2D eigenvalue weighted by atomic mass is 9.83. The van der Waals surface area contributed by atoms with Crippen molar-refractivity contribution < 1.29 is 14.5 Å². The van der Waals surface area contributed by atoms with Gasteiger partial charge >= 0.3 is 0 Å². The number of benzene rings is 3. The number of para-hydroxylation sites is 1. The number of methoxy groups -OCH3 is 1. The standard InChI is InChI=1S/C26H22N2O4/c1-32-20-14-11-18(12-15-20)23-24(28(30)31)22-16-13-17-7-5-6-10-21(17)27(22)25(23)26(29)19-8-3-2-4-9-19/h2-16,22-25H,1H3/t22-,23+,24-,25-/m1/s1. The van der Waals surface area contributed by atoms with E-state index in [0.717, 1.165) is 16.8 Å². The van der Waals surface area contributed by atoms with E-state index in [0.29, 0.717) is 11.3 Å². The molecule has 0 N–H and O–H groups in total. The summed E-state index contributed by atoms with van der Waals surface area (Å²) < 4.78 is 5.27. The van der Waals surface area contributed by atoms with Gasteiger partial charge in [-0.2, -0.15) is 0 Å². The van der Waals surface area contributed by atoms with Crippen LogP contribution in [0.2, 0.25) is 0 Å². The molecule has 6 nitrogen and oxygen atoms in total. The van der Waals surface area contributed by atoms with Crippen LogP contribution in [0, 0.1) is 10.1 Å². The van der Waals surface area contributed by atoms with Crippen LogP contribution in [0.5, 0.6) is 5.75 Å². The molecule has 3 aromatic rings. The van der Waals surface area contributed by atoms with Crippen LogP contribution in [0.1, 0.15) is 27.4 Å². The number of hydrogen-bond donors (Lipinski definition) is 0. The molecule has 2 aliphatic heterocycles. The molecule has 2 aliphatic rings. The van der Waals surface area contributed by atoms with E-state index >= 15 is 0 Å². The van der Waals surface area contributed by atoms with Gasteiger partial charge in [0.1, 0.15) is 17.8 Å². The Kier molecular flexibility index (Phi) is 4.98. The van der Waals surface area contributed by atoms with Crippen LogP contribution in [-0.2, 0) is 0 Å². The van der Waals surface area contributed by atoms with Crippen molar-refractivity contribution in [2.45, 2.75) is 24.0 Å². The van der Waals surface area contributed by atoms with Crippen LogP contribution in [0.25, 0.3) is 6.08 Å². The summed E-state index contributed by atoms with van der Waals surface area (Å²) in [5, 5.41) is 12.4. The van der Waals surface area contributed by atoms with Gasteiger partial charge in [0.25, 0.3) is 0 Å². The van der Waals surface area contributed by atoms with E-state index in [-0.39, 0.29) is 10.7 Å². The van der Waals surface area contributed by atoms with Gasteiger partial charge in [0, 0.05) is 16.2 Å². The molecule has 0 spiro atoms. The largest absolute Gasteiger partial charge is 0.497 e. The number of carbonyl (C=O) groups is 1. The Hall–Kier alpha value is -3.93. The molecule has 32 heavy (non-hydrogen) atoms. The van der Waals surface area contributed by atoms with E-state index in [1.165, 1.54) is 0 Å². The summed E-state index contributed by atoms with van der Waals surface area (Å²) in [5.74, 6) is -0.0754. The van der Waals surface area contributed by atoms with E-state index in [9.17, 15) is 14.9 Å². The molecule has 0 aliphatic carbocycles. The molecular formula is C26H22N2O4. The summed E-state index contributed by atoms with van der Waals surface area (Å²) in [4.78, 5) is 28.0. The molecule has 1 fully saturated rings. The molecule has 0 bridgehead atoms. The molecule has 5 rings (SSSR count). The summed E-state index contributed by atoms with van der Waals surface area (Å²) in [6, 6.07) is 21.8. The number of fused-ring (bicyclic) bond motifs is 3. The number of nitrogens with zero attached hydrogens (tertiary/aromatic N) is 2. The van der Waals surface area contributed by atoms with Crippen molar-refractivity contribution in [3.63, 3.8) is 0 Å². The fraction of sp³-hybridized carbons (Fsp3) is 0.192. The van der Waals surface area contributed by atoms with E-state index in [1.807, 2.05) is 71.6 Å². The molecule has 3 aromatic carbocycles. The van der Waals surface area contributed by atoms with Gasteiger partial charge in [-0.05, 0) is 29.3 Å². The second-order valence-electron chi connectivity index (χ2n) is 8.07. The maximum absolute atomic E-state index is 13.9. The quantitative estimate of drug-likeness (QED) is 0.339. The number of nitro groups is 1. The average Bonchev–Trinajstić information content (AvgIpc) is 3.20. The molecule has 0 aromatic heterocycles. The second-order valence-corrected chi connectivity index (χ2v) is 8.07. The highest BCUT2D eigenvalue weighted by Gasteiger charge is 2.58. The van der Waals surface area contributed by atoms with Gasteiger partial charge < -0.3 is 9.64 Å². The Labute approximate surface area is 185 Å². The van der Waals surface area contributed by atoms with Crippen molar-refractivity contribution in [3.05, 3.63) is 112 Å². The number of anilines is 1. The van der Waals surface area contributed by atoms with Crippen molar-refractivity contribution in [3.8, 4) is 5.75 Å². The van der Waals surface area contributed by atoms with Gasteiger partial charge in [0.05, 0.1) is 13.0 Å². The maximum Gasteiger partial charge on any atom is 0.245 e. The Morgan fingerprint density at radius 3 is 2.34 bits per heavy atom. The smallest absolute Gasteiger partial charge is 0.245 e.